The Labute approximate surface area is 180 Å². The molecule has 2 amide bonds. The topological polar surface area (TPSA) is 62.3 Å². The van der Waals surface area contributed by atoms with Crippen molar-refractivity contribution in [1.82, 2.24) is 4.90 Å². The van der Waals surface area contributed by atoms with Crippen molar-refractivity contribution < 1.29 is 32.2 Å². The highest BCUT2D eigenvalue weighted by atomic mass is 19.4. The molecular formula is C21H30F3N3O4. The van der Waals surface area contributed by atoms with Gasteiger partial charge in [0.25, 0.3) is 0 Å². The molecule has 1 aromatic rings. The molecule has 10 heteroatoms. The van der Waals surface area contributed by atoms with Crippen molar-refractivity contribution in [2.75, 3.05) is 49.1 Å². The van der Waals surface area contributed by atoms with Gasteiger partial charge in [-0.1, -0.05) is 0 Å². The Balaban J connectivity index is 2.24. The van der Waals surface area contributed by atoms with E-state index in [0.717, 1.165) is 11.0 Å². The second-order valence-corrected chi connectivity index (χ2v) is 8.10. The predicted octanol–water partition coefficient (Wildman–Crippen LogP) is 4.75. The lowest BCUT2D eigenvalue weighted by atomic mass is 10.1. The van der Waals surface area contributed by atoms with Crippen molar-refractivity contribution in [3.8, 4) is 0 Å². The van der Waals surface area contributed by atoms with Gasteiger partial charge in [-0.25, -0.2) is 9.59 Å². The van der Waals surface area contributed by atoms with E-state index in [1.54, 1.807) is 39.5 Å². The number of nitrogens with zero attached hydrogens (tertiary/aromatic N) is 3. The van der Waals surface area contributed by atoms with Gasteiger partial charge >= 0.3 is 18.4 Å². The largest absolute Gasteiger partial charge is 0.449 e. The zero-order chi connectivity index (χ0) is 23.4. The van der Waals surface area contributed by atoms with Crippen LogP contribution in [-0.2, 0) is 15.7 Å². The molecule has 0 spiro atoms. The van der Waals surface area contributed by atoms with Gasteiger partial charge < -0.3 is 19.3 Å². The van der Waals surface area contributed by atoms with Gasteiger partial charge in [-0.05, 0) is 52.8 Å². The number of carbonyl (C=O) groups excluding carboxylic acids is 2. The number of halogens is 3. The van der Waals surface area contributed by atoms with Crippen LogP contribution in [0.5, 0.6) is 0 Å². The Kier molecular flexibility index (Phi) is 7.67. The van der Waals surface area contributed by atoms with Gasteiger partial charge in [0.1, 0.15) is 5.60 Å². The minimum atomic E-state index is -4.61. The summed E-state index contributed by atoms with van der Waals surface area (Å²) in [6, 6.07) is 3.81. The smallest absolute Gasteiger partial charge is 0.418 e. The summed E-state index contributed by atoms with van der Waals surface area (Å²) in [4.78, 5) is 28.5. The first kappa shape index (κ1) is 24.6. The molecule has 1 fully saturated rings. The van der Waals surface area contributed by atoms with Gasteiger partial charge in [-0.15, -0.1) is 0 Å². The predicted molar refractivity (Wildman–Crippen MR) is 112 cm³/mol. The Morgan fingerprint density at radius 3 is 2.16 bits per heavy atom. The number of benzene rings is 1. The summed E-state index contributed by atoms with van der Waals surface area (Å²) in [7, 11) is 0. The molecular weight excluding hydrogens is 415 g/mol. The lowest BCUT2D eigenvalue weighted by Gasteiger charge is -2.37. The number of amides is 2. The van der Waals surface area contributed by atoms with Crippen molar-refractivity contribution in [3.05, 3.63) is 23.8 Å². The third kappa shape index (κ3) is 6.41. The number of piperazine rings is 1. The average molecular weight is 445 g/mol. The molecule has 0 aliphatic carbocycles. The van der Waals surface area contributed by atoms with Gasteiger partial charge in [0, 0.05) is 44.1 Å². The van der Waals surface area contributed by atoms with E-state index >= 15 is 0 Å². The van der Waals surface area contributed by atoms with E-state index in [9.17, 15) is 22.8 Å². The monoisotopic (exact) mass is 445 g/mol. The van der Waals surface area contributed by atoms with E-state index in [4.69, 9.17) is 9.47 Å². The molecule has 1 aliphatic heterocycles. The highest BCUT2D eigenvalue weighted by Gasteiger charge is 2.37. The zero-order valence-electron chi connectivity index (χ0n) is 18.6. The van der Waals surface area contributed by atoms with Crippen LogP contribution in [-0.4, -0.2) is 62.0 Å². The molecule has 0 aromatic heterocycles. The summed E-state index contributed by atoms with van der Waals surface area (Å²) in [6.45, 7) is 9.83. The number of hydrogen-bond acceptors (Lipinski definition) is 5. The number of hydrogen-bond donors (Lipinski definition) is 0. The Morgan fingerprint density at radius 2 is 1.68 bits per heavy atom. The lowest BCUT2D eigenvalue weighted by Crippen LogP contribution is -2.50. The minimum absolute atomic E-state index is 0.0139. The minimum Gasteiger partial charge on any atom is -0.449 e. The first-order chi connectivity index (χ1) is 14.4. The van der Waals surface area contributed by atoms with Crippen LogP contribution >= 0.6 is 0 Å². The molecule has 7 nitrogen and oxygen atoms in total. The number of carbonyl (C=O) groups is 2. The van der Waals surface area contributed by atoms with E-state index < -0.39 is 29.5 Å². The maximum atomic E-state index is 13.8. The second-order valence-electron chi connectivity index (χ2n) is 8.10. The average Bonchev–Trinajstić information content (AvgIpc) is 2.67. The van der Waals surface area contributed by atoms with E-state index in [-0.39, 0.29) is 50.7 Å². The van der Waals surface area contributed by atoms with E-state index in [1.165, 1.54) is 17.0 Å². The summed E-state index contributed by atoms with van der Waals surface area (Å²) >= 11 is 0. The summed E-state index contributed by atoms with van der Waals surface area (Å²) in [5.41, 5.74) is -1.35. The van der Waals surface area contributed by atoms with Crippen LogP contribution in [0.1, 0.15) is 40.2 Å². The number of anilines is 2. The SMILES string of the molecule is CCOC(=O)N(CC)c1ccc(N2CCN(C(=O)OC(C)(C)C)CC2)c(C(F)(F)F)c1. The third-order valence-corrected chi connectivity index (χ3v) is 4.67. The maximum absolute atomic E-state index is 13.8. The molecule has 1 aliphatic rings. The number of ether oxygens (including phenoxy) is 2. The van der Waals surface area contributed by atoms with Crippen LogP contribution in [0.25, 0.3) is 0 Å². The summed E-state index contributed by atoms with van der Waals surface area (Å²) < 4.78 is 51.8. The maximum Gasteiger partial charge on any atom is 0.418 e. The highest BCUT2D eigenvalue weighted by molar-refractivity contribution is 5.88. The molecule has 0 bridgehead atoms. The molecule has 0 unspecified atom stereocenters. The van der Waals surface area contributed by atoms with E-state index in [0.29, 0.717) is 0 Å². The standard InChI is InChI=1S/C21H30F3N3O4/c1-6-27(19(29)30-7-2)15-8-9-17(16(14-15)21(22,23)24)25-10-12-26(13-11-25)18(28)31-20(3,4)5/h8-9,14H,6-7,10-13H2,1-5H3. The first-order valence-electron chi connectivity index (χ1n) is 10.3. The molecule has 1 saturated heterocycles. The fourth-order valence-corrected chi connectivity index (χ4v) is 3.27. The number of rotatable bonds is 4. The molecule has 1 aromatic carbocycles. The van der Waals surface area contributed by atoms with Gasteiger partial charge in [0.15, 0.2) is 0 Å². The Morgan fingerprint density at radius 1 is 1.06 bits per heavy atom. The van der Waals surface area contributed by atoms with Crippen LogP contribution in [0.2, 0.25) is 0 Å². The summed E-state index contributed by atoms with van der Waals surface area (Å²) in [6.07, 6.45) is -5.79. The van der Waals surface area contributed by atoms with Crippen molar-refractivity contribution in [1.29, 1.82) is 0 Å². The van der Waals surface area contributed by atoms with Crippen molar-refractivity contribution in [2.45, 2.75) is 46.4 Å². The molecule has 0 atom stereocenters. The fourth-order valence-electron chi connectivity index (χ4n) is 3.27. The van der Waals surface area contributed by atoms with Crippen molar-refractivity contribution in [2.24, 2.45) is 0 Å². The fraction of sp³-hybridized carbons (Fsp3) is 0.619. The van der Waals surface area contributed by atoms with Gasteiger partial charge in [-0.2, -0.15) is 13.2 Å². The van der Waals surface area contributed by atoms with Crippen LogP contribution < -0.4 is 9.80 Å². The van der Waals surface area contributed by atoms with Crippen LogP contribution in [0.15, 0.2) is 18.2 Å². The van der Waals surface area contributed by atoms with Crippen LogP contribution in [0.4, 0.5) is 34.1 Å². The highest BCUT2D eigenvalue weighted by Crippen LogP contribution is 2.39. The first-order valence-corrected chi connectivity index (χ1v) is 10.3. The lowest BCUT2D eigenvalue weighted by molar-refractivity contribution is -0.137. The second kappa shape index (κ2) is 9.65. The molecule has 2 rings (SSSR count). The Hall–Kier alpha value is -2.65. The summed E-state index contributed by atoms with van der Waals surface area (Å²) in [5.74, 6) is 0. The van der Waals surface area contributed by atoms with Crippen molar-refractivity contribution in [3.63, 3.8) is 0 Å². The molecule has 31 heavy (non-hydrogen) atoms. The normalized spacial score (nSPS) is 15.0. The molecule has 0 N–H and O–H groups in total. The molecule has 1 heterocycles. The molecule has 0 saturated carbocycles. The van der Waals surface area contributed by atoms with Crippen LogP contribution in [0.3, 0.4) is 0 Å². The summed E-state index contributed by atoms with van der Waals surface area (Å²) in [5, 5.41) is 0. The molecule has 0 radical (unpaired) electrons. The van der Waals surface area contributed by atoms with Crippen molar-refractivity contribution >= 4 is 23.6 Å². The zero-order valence-corrected chi connectivity index (χ0v) is 18.6. The van der Waals surface area contributed by atoms with Crippen LogP contribution in [0, 0.1) is 0 Å². The van der Waals surface area contributed by atoms with Gasteiger partial charge in [-0.3, -0.25) is 4.90 Å². The van der Waals surface area contributed by atoms with E-state index in [1.807, 2.05) is 0 Å². The quantitative estimate of drug-likeness (QED) is 0.670. The van der Waals surface area contributed by atoms with Gasteiger partial charge in [0.05, 0.1) is 12.2 Å². The van der Waals surface area contributed by atoms with Gasteiger partial charge in [0.2, 0.25) is 0 Å². The Bertz CT molecular complexity index is 785. The number of alkyl halides is 3. The molecule has 174 valence electrons. The van der Waals surface area contributed by atoms with E-state index in [2.05, 4.69) is 0 Å². The third-order valence-electron chi connectivity index (χ3n) is 4.67.